The predicted molar refractivity (Wildman–Crippen MR) is 158 cm³/mol. The van der Waals surface area contributed by atoms with Crippen LogP contribution in [0.1, 0.15) is 106 Å². The molecule has 0 amide bonds. The van der Waals surface area contributed by atoms with Gasteiger partial charge >= 0.3 is 5.97 Å². The van der Waals surface area contributed by atoms with E-state index in [0.717, 1.165) is 37.0 Å². The predicted octanol–water partition coefficient (Wildman–Crippen LogP) is 6.07. The van der Waals surface area contributed by atoms with Crippen molar-refractivity contribution in [2.45, 2.75) is 117 Å². The van der Waals surface area contributed by atoms with Crippen molar-refractivity contribution in [1.82, 2.24) is 10.7 Å². The number of hydrogen-bond donors (Lipinski definition) is 3. The monoisotopic (exact) mass is 547 g/mol. The Morgan fingerprint density at radius 3 is 2.53 bits per heavy atom. The maximum atomic E-state index is 12.7. The van der Waals surface area contributed by atoms with Crippen molar-refractivity contribution >= 4 is 29.5 Å². The second-order valence-electron chi connectivity index (χ2n) is 14.1. The van der Waals surface area contributed by atoms with Crippen LogP contribution in [0.25, 0.3) is 0 Å². The highest BCUT2D eigenvalue weighted by Gasteiger charge is 2.72. The molecule has 4 aliphatic rings. The molecule has 7 heteroatoms. The van der Waals surface area contributed by atoms with Crippen LogP contribution in [-0.2, 0) is 9.53 Å². The van der Waals surface area contributed by atoms with Crippen LogP contribution in [0.15, 0.2) is 5.10 Å². The fourth-order valence-corrected chi connectivity index (χ4v) is 10.0. The molecule has 0 aromatic heterocycles. The Morgan fingerprint density at radius 2 is 1.87 bits per heavy atom. The van der Waals surface area contributed by atoms with Crippen LogP contribution < -0.4 is 10.7 Å². The van der Waals surface area contributed by atoms with E-state index in [1.165, 1.54) is 45.4 Å². The van der Waals surface area contributed by atoms with Gasteiger partial charge < -0.3 is 15.2 Å². The van der Waals surface area contributed by atoms with E-state index in [1.807, 2.05) is 6.21 Å². The van der Waals surface area contributed by atoms with Crippen LogP contribution in [-0.4, -0.2) is 41.2 Å². The van der Waals surface area contributed by atoms with Gasteiger partial charge in [0.2, 0.25) is 0 Å². The first kappa shape index (κ1) is 29.8. The summed E-state index contributed by atoms with van der Waals surface area (Å²) in [7, 11) is 1.78. The average Bonchev–Trinajstić information content (AvgIpc) is 3.28. The van der Waals surface area contributed by atoms with E-state index in [4.69, 9.17) is 17.0 Å². The zero-order chi connectivity index (χ0) is 27.9. The number of rotatable bonds is 8. The van der Waals surface area contributed by atoms with Crippen LogP contribution in [0.2, 0.25) is 0 Å². The normalized spacial score (nSPS) is 42.9. The van der Waals surface area contributed by atoms with Gasteiger partial charge in [-0.05, 0) is 91.7 Å². The molecule has 4 fully saturated rings. The summed E-state index contributed by atoms with van der Waals surface area (Å²) in [6, 6.07) is 0. The Bertz CT molecular complexity index is 911. The van der Waals surface area contributed by atoms with E-state index in [1.54, 1.807) is 7.05 Å². The largest absolute Gasteiger partial charge is 0.462 e. The summed E-state index contributed by atoms with van der Waals surface area (Å²) in [4.78, 5) is 11.8. The van der Waals surface area contributed by atoms with Gasteiger partial charge in [-0.3, -0.25) is 10.2 Å². The fraction of sp³-hybridized carbons (Fsp3) is 0.903. The number of fused-ring (bicyclic) bond motifs is 5. The molecular formula is C31H53N3O3S. The average molecular weight is 548 g/mol. The number of nitrogens with zero attached hydrogens (tertiary/aromatic N) is 1. The molecule has 0 aliphatic heterocycles. The van der Waals surface area contributed by atoms with Gasteiger partial charge in [-0.1, -0.05) is 53.9 Å². The van der Waals surface area contributed by atoms with E-state index in [-0.39, 0.29) is 23.4 Å². The molecule has 10 atom stereocenters. The quantitative estimate of drug-likeness (QED) is 0.148. The molecular weight excluding hydrogens is 494 g/mol. The first-order valence-corrected chi connectivity index (χ1v) is 15.7. The smallest absolute Gasteiger partial charge is 0.302 e. The zero-order valence-corrected chi connectivity index (χ0v) is 25.7. The number of carbonyl (C=O) groups is 1. The number of esters is 1. The van der Waals surface area contributed by atoms with Gasteiger partial charge in [-0.2, -0.15) is 5.10 Å². The fourth-order valence-electron chi connectivity index (χ4n) is 9.95. The molecule has 6 nitrogen and oxygen atoms in total. The number of nitrogens with one attached hydrogen (secondary N) is 2. The molecule has 4 saturated carbocycles. The first-order chi connectivity index (χ1) is 17.9. The third kappa shape index (κ3) is 5.15. The highest BCUT2D eigenvalue weighted by Crippen LogP contribution is 2.73. The van der Waals surface area contributed by atoms with Crippen molar-refractivity contribution in [3.05, 3.63) is 0 Å². The van der Waals surface area contributed by atoms with Crippen LogP contribution in [0, 0.1) is 52.3 Å². The molecule has 0 heterocycles. The van der Waals surface area contributed by atoms with Crippen LogP contribution in [0.5, 0.6) is 0 Å². The van der Waals surface area contributed by atoms with E-state index in [2.05, 4.69) is 50.5 Å². The van der Waals surface area contributed by atoms with Crippen molar-refractivity contribution < 1.29 is 14.6 Å². The highest BCUT2D eigenvalue weighted by atomic mass is 32.1. The molecule has 38 heavy (non-hydrogen) atoms. The standard InChI is InChI=1S/C31H53N3O3S/c1-19(2)9-8-10-20(3)23-11-12-24-27-25(14-15-29(23,24)5)30(6)16-13-22(37-21(4)35)17-31(30,36)26(27)18-33-34-28(38)32-7/h18-20,22-27,36H,8-17H2,1-7H3,(H2,32,34,38)/b33-18+. The molecule has 0 saturated heterocycles. The van der Waals surface area contributed by atoms with Gasteiger partial charge in [0.15, 0.2) is 5.11 Å². The minimum Gasteiger partial charge on any atom is -0.462 e. The number of hydrazone groups is 1. The van der Waals surface area contributed by atoms with Gasteiger partial charge in [-0.25, -0.2) is 0 Å². The van der Waals surface area contributed by atoms with Gasteiger partial charge in [0.25, 0.3) is 0 Å². The highest BCUT2D eigenvalue weighted by molar-refractivity contribution is 7.80. The second-order valence-corrected chi connectivity index (χ2v) is 14.5. The van der Waals surface area contributed by atoms with E-state index < -0.39 is 5.60 Å². The number of ether oxygens (including phenoxy) is 1. The van der Waals surface area contributed by atoms with E-state index in [9.17, 15) is 9.90 Å². The molecule has 4 rings (SSSR count). The van der Waals surface area contributed by atoms with Crippen LogP contribution >= 0.6 is 12.2 Å². The van der Waals surface area contributed by atoms with Gasteiger partial charge in [-0.15, -0.1) is 0 Å². The summed E-state index contributed by atoms with van der Waals surface area (Å²) >= 11 is 5.27. The maximum Gasteiger partial charge on any atom is 0.302 e. The molecule has 0 aromatic carbocycles. The Morgan fingerprint density at radius 1 is 1.13 bits per heavy atom. The molecule has 3 N–H and O–H groups in total. The SMILES string of the molecule is CNC(=S)N/N=C/C1C2C3CCC(C(C)CCCC(C)C)C3(C)CCC2C2(C)CCC(OC(C)=O)CC12O. The summed E-state index contributed by atoms with van der Waals surface area (Å²) in [6.45, 7) is 13.5. The van der Waals surface area contributed by atoms with Crippen molar-refractivity contribution in [1.29, 1.82) is 0 Å². The molecule has 0 radical (unpaired) electrons. The summed E-state index contributed by atoms with van der Waals surface area (Å²) in [5.41, 5.74) is 2.07. The lowest BCUT2D eigenvalue weighted by atomic mass is 9.53. The molecule has 0 aromatic rings. The number of thiocarbonyl (C=S) groups is 1. The third-order valence-electron chi connectivity index (χ3n) is 11.8. The Labute approximate surface area is 236 Å². The van der Waals surface area contributed by atoms with Crippen molar-refractivity contribution in [3.63, 3.8) is 0 Å². The van der Waals surface area contributed by atoms with Crippen LogP contribution in [0.3, 0.4) is 0 Å². The number of carbonyl (C=O) groups excluding carboxylic acids is 1. The maximum absolute atomic E-state index is 12.7. The molecule has 4 aliphatic carbocycles. The van der Waals surface area contributed by atoms with Crippen molar-refractivity contribution in [2.75, 3.05) is 7.05 Å². The summed E-state index contributed by atoms with van der Waals surface area (Å²) in [6.07, 6.45) is 12.8. The molecule has 0 spiro atoms. The molecule has 216 valence electrons. The summed E-state index contributed by atoms with van der Waals surface area (Å²) in [5.74, 6) is 3.29. The zero-order valence-electron chi connectivity index (χ0n) is 24.9. The van der Waals surface area contributed by atoms with Gasteiger partial charge in [0, 0.05) is 37.9 Å². The summed E-state index contributed by atoms with van der Waals surface area (Å²) in [5, 5.41) is 20.6. The topological polar surface area (TPSA) is 83.0 Å². The first-order valence-electron chi connectivity index (χ1n) is 15.3. The Kier molecular flexibility index (Phi) is 8.89. The van der Waals surface area contributed by atoms with E-state index in [0.29, 0.717) is 34.7 Å². The van der Waals surface area contributed by atoms with Crippen molar-refractivity contribution in [3.8, 4) is 0 Å². The second kappa shape index (κ2) is 11.3. The Hall–Kier alpha value is -1.21. The molecule has 0 bridgehead atoms. The lowest BCUT2D eigenvalue weighted by Gasteiger charge is -2.52. The summed E-state index contributed by atoms with van der Waals surface area (Å²) < 4.78 is 5.69. The van der Waals surface area contributed by atoms with Crippen molar-refractivity contribution in [2.24, 2.45) is 57.4 Å². The van der Waals surface area contributed by atoms with E-state index >= 15 is 0 Å². The molecule has 10 unspecified atom stereocenters. The van der Waals surface area contributed by atoms with Gasteiger partial charge in [0.05, 0.1) is 5.60 Å². The van der Waals surface area contributed by atoms with Gasteiger partial charge in [0.1, 0.15) is 6.10 Å². The third-order valence-corrected chi connectivity index (χ3v) is 12.1. The van der Waals surface area contributed by atoms with Crippen LogP contribution in [0.4, 0.5) is 0 Å². The number of aliphatic hydroxyl groups is 1. The minimum atomic E-state index is -0.959. The lowest BCUT2D eigenvalue weighted by molar-refractivity contribution is -0.170. The lowest BCUT2D eigenvalue weighted by Crippen LogP contribution is -2.55. The minimum absolute atomic E-state index is 0.0948. The number of hydrogen-bond acceptors (Lipinski definition) is 5. The Balaban J connectivity index is 1.65.